The lowest BCUT2D eigenvalue weighted by Crippen LogP contribution is -2.31. The Morgan fingerprint density at radius 3 is 2.32 bits per heavy atom. The highest BCUT2D eigenvalue weighted by Gasteiger charge is 2.18. The summed E-state index contributed by atoms with van der Waals surface area (Å²) in [5.74, 6) is -0.372. The van der Waals surface area contributed by atoms with E-state index in [-0.39, 0.29) is 12.5 Å². The molecule has 132 valence electrons. The summed E-state index contributed by atoms with van der Waals surface area (Å²) in [6.07, 6.45) is -0.907. The van der Waals surface area contributed by atoms with Crippen molar-refractivity contribution in [2.45, 2.75) is 33.8 Å². The van der Waals surface area contributed by atoms with Crippen LogP contribution in [-0.2, 0) is 14.3 Å². The number of rotatable bonds is 6. The first-order valence-corrected chi connectivity index (χ1v) is 8.11. The molecule has 0 aliphatic rings. The van der Waals surface area contributed by atoms with Crippen molar-refractivity contribution in [3.05, 3.63) is 59.2 Å². The Morgan fingerprint density at radius 2 is 1.68 bits per heavy atom. The summed E-state index contributed by atoms with van der Waals surface area (Å²) in [6, 6.07) is 13.1. The van der Waals surface area contributed by atoms with Crippen LogP contribution < -0.4 is 10.1 Å². The van der Waals surface area contributed by atoms with E-state index in [0.717, 1.165) is 16.7 Å². The van der Waals surface area contributed by atoms with Gasteiger partial charge in [0.25, 0.3) is 5.91 Å². The van der Waals surface area contributed by atoms with E-state index >= 15 is 0 Å². The van der Waals surface area contributed by atoms with Gasteiger partial charge in [0.15, 0.2) is 12.7 Å². The number of anilines is 1. The maximum absolute atomic E-state index is 12.1. The zero-order valence-corrected chi connectivity index (χ0v) is 15.0. The summed E-state index contributed by atoms with van der Waals surface area (Å²) in [5, 5.41) is 2.72. The van der Waals surface area contributed by atoms with E-state index in [0.29, 0.717) is 11.4 Å². The number of carbonyl (C=O) groups is 2. The zero-order valence-electron chi connectivity index (χ0n) is 15.0. The molecule has 1 N–H and O–H groups in total. The standard InChI is InChI=1S/C20H23NO4/c1-13-6-5-7-17(9-13)21-20(23)16(4)25-19(22)12-24-18-10-14(2)8-15(3)11-18/h5-11,16H,12H2,1-4H3,(H,21,23)/t16-/m0/s1. The largest absolute Gasteiger partial charge is 0.482 e. The molecule has 0 fully saturated rings. The van der Waals surface area contributed by atoms with Gasteiger partial charge in [-0.15, -0.1) is 0 Å². The molecule has 2 aromatic rings. The number of hydrogen-bond donors (Lipinski definition) is 1. The van der Waals surface area contributed by atoms with E-state index in [1.165, 1.54) is 6.92 Å². The highest BCUT2D eigenvalue weighted by atomic mass is 16.6. The van der Waals surface area contributed by atoms with E-state index in [4.69, 9.17) is 9.47 Å². The fourth-order valence-corrected chi connectivity index (χ4v) is 2.41. The molecule has 1 atom stereocenters. The number of carbonyl (C=O) groups excluding carboxylic acids is 2. The molecule has 0 aliphatic carbocycles. The number of esters is 1. The van der Waals surface area contributed by atoms with Gasteiger partial charge in [0.2, 0.25) is 0 Å². The average molecular weight is 341 g/mol. The predicted octanol–water partition coefficient (Wildman–Crippen LogP) is 3.56. The number of aryl methyl sites for hydroxylation is 3. The molecule has 0 aliphatic heterocycles. The highest BCUT2D eigenvalue weighted by Crippen LogP contribution is 2.16. The lowest BCUT2D eigenvalue weighted by atomic mass is 10.1. The van der Waals surface area contributed by atoms with Crippen LogP contribution in [0.2, 0.25) is 0 Å². The third kappa shape index (κ3) is 5.95. The minimum absolute atomic E-state index is 0.245. The lowest BCUT2D eigenvalue weighted by molar-refractivity contribution is -0.155. The second kappa shape index (κ2) is 8.33. The van der Waals surface area contributed by atoms with E-state index in [9.17, 15) is 9.59 Å². The van der Waals surface area contributed by atoms with Crippen LogP contribution in [0.1, 0.15) is 23.6 Å². The minimum atomic E-state index is -0.907. The summed E-state index contributed by atoms with van der Waals surface area (Å²) in [4.78, 5) is 24.0. The second-order valence-corrected chi connectivity index (χ2v) is 6.10. The van der Waals surface area contributed by atoms with Crippen molar-refractivity contribution in [2.75, 3.05) is 11.9 Å². The van der Waals surface area contributed by atoms with Crippen molar-refractivity contribution in [1.82, 2.24) is 0 Å². The van der Waals surface area contributed by atoms with Gasteiger partial charge >= 0.3 is 5.97 Å². The van der Waals surface area contributed by atoms with Gasteiger partial charge in [-0.3, -0.25) is 4.79 Å². The van der Waals surface area contributed by atoms with Gasteiger partial charge in [-0.05, 0) is 68.7 Å². The molecule has 0 bridgehead atoms. The molecule has 0 unspecified atom stereocenters. The molecular formula is C20H23NO4. The third-order valence-corrected chi connectivity index (χ3v) is 3.51. The van der Waals surface area contributed by atoms with Crippen LogP contribution in [0.15, 0.2) is 42.5 Å². The van der Waals surface area contributed by atoms with Gasteiger partial charge in [-0.2, -0.15) is 0 Å². The van der Waals surface area contributed by atoms with Crippen LogP contribution in [0.3, 0.4) is 0 Å². The number of benzene rings is 2. The Bertz CT molecular complexity index is 750. The quantitative estimate of drug-likeness (QED) is 0.816. The fraction of sp³-hybridized carbons (Fsp3) is 0.300. The lowest BCUT2D eigenvalue weighted by Gasteiger charge is -2.14. The molecular weight excluding hydrogens is 318 g/mol. The molecule has 2 rings (SSSR count). The summed E-state index contributed by atoms with van der Waals surface area (Å²) >= 11 is 0. The highest BCUT2D eigenvalue weighted by molar-refractivity contribution is 5.95. The van der Waals surface area contributed by atoms with Crippen LogP contribution in [-0.4, -0.2) is 24.6 Å². The molecule has 0 aromatic heterocycles. The van der Waals surface area contributed by atoms with E-state index in [2.05, 4.69) is 5.32 Å². The minimum Gasteiger partial charge on any atom is -0.482 e. The maximum atomic E-state index is 12.1. The smallest absolute Gasteiger partial charge is 0.344 e. The van der Waals surface area contributed by atoms with Crippen LogP contribution in [0.25, 0.3) is 0 Å². The summed E-state index contributed by atoms with van der Waals surface area (Å²) in [6.45, 7) is 7.13. The topological polar surface area (TPSA) is 64.6 Å². The molecule has 2 aromatic carbocycles. The van der Waals surface area contributed by atoms with Gasteiger partial charge in [0.1, 0.15) is 5.75 Å². The molecule has 0 radical (unpaired) electrons. The predicted molar refractivity (Wildman–Crippen MR) is 96.8 cm³/mol. The van der Waals surface area contributed by atoms with Crippen molar-refractivity contribution in [2.24, 2.45) is 0 Å². The monoisotopic (exact) mass is 341 g/mol. The number of ether oxygens (including phenoxy) is 2. The van der Waals surface area contributed by atoms with Gasteiger partial charge in [-0.1, -0.05) is 18.2 Å². The molecule has 0 spiro atoms. The van der Waals surface area contributed by atoms with E-state index < -0.39 is 12.1 Å². The second-order valence-electron chi connectivity index (χ2n) is 6.10. The molecule has 0 saturated heterocycles. The van der Waals surface area contributed by atoms with Gasteiger partial charge in [0.05, 0.1) is 0 Å². The van der Waals surface area contributed by atoms with Crippen molar-refractivity contribution in [1.29, 1.82) is 0 Å². The van der Waals surface area contributed by atoms with Crippen molar-refractivity contribution in [3.63, 3.8) is 0 Å². The average Bonchev–Trinajstić information content (AvgIpc) is 2.52. The Morgan fingerprint density at radius 1 is 1.00 bits per heavy atom. The number of nitrogens with one attached hydrogen (secondary N) is 1. The van der Waals surface area contributed by atoms with Gasteiger partial charge in [-0.25, -0.2) is 4.79 Å². The SMILES string of the molecule is Cc1cccc(NC(=O)[C@H](C)OC(=O)COc2cc(C)cc(C)c2)c1. The first-order valence-electron chi connectivity index (χ1n) is 8.11. The summed E-state index contributed by atoms with van der Waals surface area (Å²) in [7, 11) is 0. The first kappa shape index (κ1) is 18.5. The van der Waals surface area contributed by atoms with Gasteiger partial charge in [0, 0.05) is 5.69 Å². The molecule has 1 amide bonds. The Kier molecular flexibility index (Phi) is 6.17. The zero-order chi connectivity index (χ0) is 18.4. The van der Waals surface area contributed by atoms with Crippen LogP contribution in [0.5, 0.6) is 5.75 Å². The number of amides is 1. The molecule has 0 heterocycles. The fourth-order valence-electron chi connectivity index (χ4n) is 2.41. The normalized spacial score (nSPS) is 11.5. The van der Waals surface area contributed by atoms with E-state index in [1.54, 1.807) is 6.07 Å². The van der Waals surface area contributed by atoms with E-state index in [1.807, 2.05) is 57.2 Å². The summed E-state index contributed by atoms with van der Waals surface area (Å²) < 4.78 is 10.6. The van der Waals surface area contributed by atoms with Crippen molar-refractivity contribution in [3.8, 4) is 5.75 Å². The molecule has 0 saturated carbocycles. The Hall–Kier alpha value is -2.82. The van der Waals surface area contributed by atoms with Crippen LogP contribution in [0, 0.1) is 20.8 Å². The van der Waals surface area contributed by atoms with Crippen molar-refractivity contribution >= 4 is 17.6 Å². The maximum Gasteiger partial charge on any atom is 0.344 e. The molecule has 5 nitrogen and oxygen atoms in total. The third-order valence-electron chi connectivity index (χ3n) is 3.51. The summed E-state index contributed by atoms with van der Waals surface area (Å²) in [5.41, 5.74) is 3.80. The Balaban J connectivity index is 1.83. The Labute approximate surface area is 148 Å². The molecule has 25 heavy (non-hydrogen) atoms. The number of hydrogen-bond acceptors (Lipinski definition) is 4. The van der Waals surface area contributed by atoms with Crippen molar-refractivity contribution < 1.29 is 19.1 Å². The first-order chi connectivity index (χ1) is 11.8. The van der Waals surface area contributed by atoms with Crippen LogP contribution in [0.4, 0.5) is 5.69 Å². The van der Waals surface area contributed by atoms with Gasteiger partial charge < -0.3 is 14.8 Å². The van der Waals surface area contributed by atoms with Crippen LogP contribution >= 0.6 is 0 Å². The molecule has 5 heteroatoms.